The first-order valence-corrected chi connectivity index (χ1v) is 6.34. The average molecular weight is 258 g/mol. The van der Waals surface area contributed by atoms with Gasteiger partial charge >= 0.3 is 0 Å². The largest absolute Gasteiger partial charge is 0.274 e. The molecule has 1 aliphatic heterocycles. The van der Waals surface area contributed by atoms with Crippen LogP contribution in [0, 0.1) is 29.1 Å². The zero-order chi connectivity index (χ0) is 13.7. The lowest BCUT2D eigenvalue weighted by Gasteiger charge is -2.17. The lowest BCUT2D eigenvalue weighted by molar-refractivity contribution is -0.123. The minimum Gasteiger partial charge on any atom is -0.274 e. The maximum absolute atomic E-state index is 12.4. The zero-order valence-electron chi connectivity index (χ0n) is 10.8. The van der Waals surface area contributed by atoms with Crippen LogP contribution in [0.1, 0.15) is 25.3 Å². The Labute approximate surface area is 110 Å². The summed E-state index contributed by atoms with van der Waals surface area (Å²) in [6.45, 7) is 2.06. The molecule has 2 aliphatic rings. The van der Waals surface area contributed by atoms with Gasteiger partial charge in [-0.3, -0.25) is 14.3 Å². The summed E-state index contributed by atoms with van der Waals surface area (Å²) in [6.07, 6.45) is 2.89. The third-order valence-electron chi connectivity index (χ3n) is 4.11. The summed E-state index contributed by atoms with van der Waals surface area (Å²) in [4.78, 5) is 26.0. The molecule has 2 amide bonds. The number of fused-ring (bicyclic) bond motifs is 1. The number of aromatic nitrogens is 2. The summed E-state index contributed by atoms with van der Waals surface area (Å²) in [6, 6.07) is 1.98. The van der Waals surface area contributed by atoms with Gasteiger partial charge in [-0.05, 0) is 18.8 Å². The van der Waals surface area contributed by atoms with Crippen LogP contribution < -0.4 is 4.90 Å². The van der Waals surface area contributed by atoms with Crippen molar-refractivity contribution in [2.45, 2.75) is 19.8 Å². The smallest absolute Gasteiger partial charge is 0.238 e. The fourth-order valence-corrected chi connectivity index (χ4v) is 3.26. The molecule has 1 aliphatic carbocycles. The molecule has 0 radical (unpaired) electrons. The molecule has 0 bridgehead atoms. The molecule has 19 heavy (non-hydrogen) atoms. The Kier molecular flexibility index (Phi) is 2.45. The van der Waals surface area contributed by atoms with Gasteiger partial charge in [-0.15, -0.1) is 0 Å². The molecule has 1 aromatic heterocycles. The van der Waals surface area contributed by atoms with Gasteiger partial charge in [-0.1, -0.05) is 6.92 Å². The van der Waals surface area contributed by atoms with Crippen LogP contribution in [0.3, 0.4) is 0 Å². The number of nitriles is 1. The van der Waals surface area contributed by atoms with Gasteiger partial charge in [0.05, 0.1) is 18.0 Å². The van der Waals surface area contributed by atoms with E-state index in [4.69, 9.17) is 5.26 Å². The number of hydrogen-bond donors (Lipinski definition) is 0. The van der Waals surface area contributed by atoms with Gasteiger partial charge in [0.1, 0.15) is 11.6 Å². The number of carbonyl (C=O) groups excluding carboxylic acids is 2. The normalized spacial score (nSPS) is 29.7. The molecule has 1 saturated heterocycles. The first kappa shape index (κ1) is 11.9. The van der Waals surface area contributed by atoms with Crippen LogP contribution in [0.5, 0.6) is 0 Å². The van der Waals surface area contributed by atoms with Crippen molar-refractivity contribution in [1.29, 1.82) is 5.26 Å². The van der Waals surface area contributed by atoms with Crippen LogP contribution in [0.15, 0.2) is 6.20 Å². The molecule has 0 aromatic carbocycles. The van der Waals surface area contributed by atoms with Gasteiger partial charge in [0.2, 0.25) is 11.8 Å². The molecule has 6 nitrogen and oxygen atoms in total. The van der Waals surface area contributed by atoms with E-state index in [2.05, 4.69) is 12.0 Å². The standard InChI is InChI=1S/C13H14N4O2/c1-7-3-9-10(4-7)13(19)17(12(9)18)11-8(5-14)6-15-16(11)2/h6-7,9-10H,3-4H2,1-2H3. The van der Waals surface area contributed by atoms with Crippen LogP contribution in [0.2, 0.25) is 0 Å². The molecule has 98 valence electrons. The third kappa shape index (κ3) is 1.51. The fraction of sp³-hybridized carbons (Fsp3) is 0.538. The summed E-state index contributed by atoms with van der Waals surface area (Å²) in [5.74, 6) is -0.0848. The molecule has 2 heterocycles. The highest BCUT2D eigenvalue weighted by atomic mass is 16.2. The van der Waals surface area contributed by atoms with Crippen LogP contribution >= 0.6 is 0 Å². The second-order valence-corrected chi connectivity index (χ2v) is 5.42. The number of imide groups is 1. The molecular weight excluding hydrogens is 244 g/mol. The SMILES string of the molecule is CC1CC2C(=O)N(c3c(C#N)cnn3C)C(=O)C2C1. The molecule has 2 atom stereocenters. The zero-order valence-corrected chi connectivity index (χ0v) is 10.8. The minimum atomic E-state index is -0.219. The molecule has 2 fully saturated rings. The Morgan fingerprint density at radius 1 is 1.32 bits per heavy atom. The Morgan fingerprint density at radius 3 is 2.42 bits per heavy atom. The quantitative estimate of drug-likeness (QED) is 0.699. The van der Waals surface area contributed by atoms with Gasteiger partial charge in [-0.2, -0.15) is 10.4 Å². The first-order chi connectivity index (χ1) is 9.04. The summed E-state index contributed by atoms with van der Waals surface area (Å²) < 4.78 is 1.42. The number of carbonyl (C=O) groups is 2. The van der Waals surface area contributed by atoms with E-state index in [1.807, 2.05) is 6.07 Å². The van der Waals surface area contributed by atoms with E-state index in [0.717, 1.165) is 17.7 Å². The third-order valence-corrected chi connectivity index (χ3v) is 4.11. The minimum absolute atomic E-state index is 0.181. The van der Waals surface area contributed by atoms with Crippen LogP contribution in [0.25, 0.3) is 0 Å². The van der Waals surface area contributed by atoms with Crippen molar-refractivity contribution in [3.05, 3.63) is 11.8 Å². The van der Waals surface area contributed by atoms with Gasteiger partial charge < -0.3 is 0 Å². The van der Waals surface area contributed by atoms with Crippen LogP contribution in [0.4, 0.5) is 5.82 Å². The highest BCUT2D eigenvalue weighted by Crippen LogP contribution is 2.44. The molecule has 0 spiro atoms. The van der Waals surface area contributed by atoms with Crippen molar-refractivity contribution in [3.8, 4) is 6.07 Å². The van der Waals surface area contributed by atoms with Crippen molar-refractivity contribution in [2.24, 2.45) is 24.8 Å². The topological polar surface area (TPSA) is 79.0 Å². The van der Waals surface area contributed by atoms with E-state index in [1.54, 1.807) is 7.05 Å². The Bertz CT molecular complexity index is 589. The highest BCUT2D eigenvalue weighted by molar-refractivity contribution is 6.22. The van der Waals surface area contributed by atoms with E-state index >= 15 is 0 Å². The summed E-state index contributed by atoms with van der Waals surface area (Å²) >= 11 is 0. The predicted octanol–water partition coefficient (Wildman–Crippen LogP) is 0.827. The maximum atomic E-state index is 12.4. The second kappa shape index (κ2) is 3.92. The number of nitrogens with zero attached hydrogens (tertiary/aromatic N) is 4. The number of rotatable bonds is 1. The van der Waals surface area contributed by atoms with E-state index in [9.17, 15) is 9.59 Å². The summed E-state index contributed by atoms with van der Waals surface area (Å²) in [7, 11) is 1.63. The van der Waals surface area contributed by atoms with Crippen molar-refractivity contribution >= 4 is 17.6 Å². The van der Waals surface area contributed by atoms with E-state index in [0.29, 0.717) is 11.7 Å². The second-order valence-electron chi connectivity index (χ2n) is 5.42. The fourth-order valence-electron chi connectivity index (χ4n) is 3.26. The molecular formula is C13H14N4O2. The summed E-state index contributed by atoms with van der Waals surface area (Å²) in [5.41, 5.74) is 0.261. The van der Waals surface area contributed by atoms with Crippen molar-refractivity contribution < 1.29 is 9.59 Å². The van der Waals surface area contributed by atoms with E-state index in [-0.39, 0.29) is 29.2 Å². The van der Waals surface area contributed by atoms with Gasteiger partial charge in [0, 0.05) is 7.05 Å². The maximum Gasteiger partial charge on any atom is 0.238 e. The Hall–Kier alpha value is -2.16. The Morgan fingerprint density at radius 2 is 1.89 bits per heavy atom. The van der Waals surface area contributed by atoms with Crippen molar-refractivity contribution in [2.75, 3.05) is 4.90 Å². The molecule has 2 unspecified atom stereocenters. The lowest BCUT2D eigenvalue weighted by atomic mass is 10.00. The lowest BCUT2D eigenvalue weighted by Crippen LogP contribution is -2.34. The van der Waals surface area contributed by atoms with Gasteiger partial charge in [0.15, 0.2) is 5.82 Å². The molecule has 0 N–H and O–H groups in total. The average Bonchev–Trinajstić information content (AvgIpc) is 2.98. The monoisotopic (exact) mass is 258 g/mol. The Balaban J connectivity index is 2.04. The van der Waals surface area contributed by atoms with E-state index in [1.165, 1.54) is 10.9 Å². The number of aryl methyl sites for hydroxylation is 1. The highest BCUT2D eigenvalue weighted by Gasteiger charge is 2.53. The summed E-state index contributed by atoms with van der Waals surface area (Å²) in [5, 5.41) is 13.0. The van der Waals surface area contributed by atoms with Gasteiger partial charge in [-0.25, -0.2) is 4.90 Å². The molecule has 1 saturated carbocycles. The van der Waals surface area contributed by atoms with Crippen molar-refractivity contribution in [3.63, 3.8) is 0 Å². The van der Waals surface area contributed by atoms with E-state index < -0.39 is 0 Å². The molecule has 1 aromatic rings. The van der Waals surface area contributed by atoms with Crippen LogP contribution in [-0.4, -0.2) is 21.6 Å². The number of amides is 2. The number of hydrogen-bond acceptors (Lipinski definition) is 4. The molecule has 3 rings (SSSR count). The van der Waals surface area contributed by atoms with Crippen molar-refractivity contribution in [1.82, 2.24) is 9.78 Å². The van der Waals surface area contributed by atoms with Gasteiger partial charge in [0.25, 0.3) is 0 Å². The van der Waals surface area contributed by atoms with Crippen LogP contribution in [-0.2, 0) is 16.6 Å². The predicted molar refractivity (Wildman–Crippen MR) is 65.8 cm³/mol. The first-order valence-electron chi connectivity index (χ1n) is 6.34. The molecule has 6 heteroatoms. The number of anilines is 1.